The number of carbonyl (C=O) groups excluding carboxylic acids is 1. The number of hydrogen-bond donors (Lipinski definition) is 1. The topological polar surface area (TPSA) is 89.4 Å². The van der Waals surface area contributed by atoms with E-state index in [0.29, 0.717) is 0 Å². The van der Waals surface area contributed by atoms with Crippen molar-refractivity contribution in [2.75, 3.05) is 18.0 Å². The van der Waals surface area contributed by atoms with Gasteiger partial charge in [-0.2, -0.15) is 0 Å². The molecule has 3 rings (SSSR count). The van der Waals surface area contributed by atoms with Crippen molar-refractivity contribution >= 4 is 17.4 Å². The van der Waals surface area contributed by atoms with Gasteiger partial charge in [-0.3, -0.25) is 9.20 Å². The number of carbonyl (C=O) groups is 1. The average molecular weight is 302 g/mol. The summed E-state index contributed by atoms with van der Waals surface area (Å²) in [5, 5.41) is 8.67. The number of nitrogens with two attached hydrogens (primary N) is 1. The lowest BCUT2D eigenvalue weighted by molar-refractivity contribution is -0.122. The molecule has 2 aromatic heterocycles. The molecule has 1 aliphatic heterocycles. The predicted octanol–water partition coefficient (Wildman–Crippen LogP) is 1.12. The van der Waals surface area contributed by atoms with Crippen molar-refractivity contribution in [3.05, 3.63) is 18.2 Å². The Bertz CT molecular complexity index is 694. The zero-order valence-corrected chi connectivity index (χ0v) is 13.3. The normalized spacial score (nSPS) is 17.1. The smallest absolute Gasteiger partial charge is 0.220 e. The van der Waals surface area contributed by atoms with E-state index < -0.39 is 0 Å². The van der Waals surface area contributed by atoms with Crippen molar-refractivity contribution in [2.24, 2.45) is 11.7 Å². The molecule has 0 saturated carbocycles. The first-order chi connectivity index (χ1) is 10.4. The second-order valence-corrected chi connectivity index (χ2v) is 6.88. The Morgan fingerprint density at radius 2 is 1.95 bits per heavy atom. The lowest BCUT2D eigenvalue weighted by Crippen LogP contribution is -2.39. The Balaban J connectivity index is 1.93. The molecule has 0 bridgehead atoms. The van der Waals surface area contributed by atoms with Crippen LogP contribution in [0.1, 0.15) is 39.4 Å². The fraction of sp³-hybridized carbons (Fsp3) is 0.600. The van der Waals surface area contributed by atoms with E-state index in [1.807, 2.05) is 10.6 Å². The first-order valence-corrected chi connectivity index (χ1v) is 7.62. The van der Waals surface area contributed by atoms with Crippen molar-refractivity contribution in [3.63, 3.8) is 0 Å². The number of piperidine rings is 1. The van der Waals surface area contributed by atoms with E-state index in [2.05, 4.69) is 40.9 Å². The van der Waals surface area contributed by atoms with Crippen LogP contribution in [0.3, 0.4) is 0 Å². The van der Waals surface area contributed by atoms with Crippen LogP contribution >= 0.6 is 0 Å². The van der Waals surface area contributed by atoms with Gasteiger partial charge in [-0.15, -0.1) is 10.2 Å². The zero-order valence-electron chi connectivity index (χ0n) is 13.3. The highest BCUT2D eigenvalue weighted by Gasteiger charge is 2.27. The molecular formula is C15H22N6O. The van der Waals surface area contributed by atoms with Crippen molar-refractivity contribution < 1.29 is 4.79 Å². The molecule has 0 unspecified atom stereocenters. The van der Waals surface area contributed by atoms with Crippen molar-refractivity contribution in [1.82, 2.24) is 19.6 Å². The first-order valence-electron chi connectivity index (χ1n) is 7.62. The van der Waals surface area contributed by atoms with E-state index in [9.17, 15) is 4.79 Å². The summed E-state index contributed by atoms with van der Waals surface area (Å²) < 4.78 is 2.00. The summed E-state index contributed by atoms with van der Waals surface area (Å²) in [5.74, 6) is 1.51. The number of aromatic nitrogens is 4. The summed E-state index contributed by atoms with van der Waals surface area (Å²) >= 11 is 0. The van der Waals surface area contributed by atoms with E-state index in [4.69, 9.17) is 5.73 Å². The fourth-order valence-corrected chi connectivity index (χ4v) is 2.92. The molecule has 118 valence electrons. The molecule has 0 aromatic carbocycles. The summed E-state index contributed by atoms with van der Waals surface area (Å²) in [7, 11) is 0. The molecule has 0 atom stereocenters. The maximum atomic E-state index is 11.3. The highest BCUT2D eigenvalue weighted by atomic mass is 16.1. The predicted molar refractivity (Wildman–Crippen MR) is 83.6 cm³/mol. The molecule has 7 nitrogen and oxygen atoms in total. The second-order valence-electron chi connectivity index (χ2n) is 6.88. The zero-order chi connectivity index (χ0) is 15.9. The third kappa shape index (κ3) is 2.51. The number of anilines is 1. The Kier molecular flexibility index (Phi) is 3.50. The molecule has 1 saturated heterocycles. The van der Waals surface area contributed by atoms with Gasteiger partial charge in [-0.1, -0.05) is 20.8 Å². The summed E-state index contributed by atoms with van der Waals surface area (Å²) in [6, 6.07) is 0. The van der Waals surface area contributed by atoms with Crippen LogP contribution in [0.15, 0.2) is 12.4 Å². The number of hydrogen-bond acceptors (Lipinski definition) is 5. The summed E-state index contributed by atoms with van der Waals surface area (Å²) in [6.45, 7) is 7.86. The fourth-order valence-electron chi connectivity index (χ4n) is 2.92. The molecule has 1 fully saturated rings. The third-order valence-corrected chi connectivity index (χ3v) is 4.18. The Hall–Kier alpha value is -2.18. The molecule has 2 N–H and O–H groups in total. The van der Waals surface area contributed by atoms with Crippen LogP contribution in [-0.2, 0) is 10.2 Å². The highest BCUT2D eigenvalue weighted by Crippen LogP contribution is 2.27. The van der Waals surface area contributed by atoms with Crippen molar-refractivity contribution in [1.29, 1.82) is 0 Å². The number of rotatable bonds is 2. The minimum absolute atomic E-state index is 0.0287. The van der Waals surface area contributed by atoms with Crippen molar-refractivity contribution in [2.45, 2.75) is 39.0 Å². The van der Waals surface area contributed by atoms with Crippen LogP contribution in [0.4, 0.5) is 5.82 Å². The highest BCUT2D eigenvalue weighted by molar-refractivity contribution is 5.77. The van der Waals surface area contributed by atoms with Crippen LogP contribution in [0.25, 0.3) is 5.65 Å². The minimum atomic E-state index is -0.205. The van der Waals surface area contributed by atoms with Crippen LogP contribution in [0, 0.1) is 5.92 Å². The van der Waals surface area contributed by atoms with Gasteiger partial charge in [0.15, 0.2) is 5.82 Å². The van der Waals surface area contributed by atoms with Gasteiger partial charge in [-0.25, -0.2) is 4.98 Å². The molecule has 0 spiro atoms. The largest absolute Gasteiger partial charge is 0.369 e. The van der Waals surface area contributed by atoms with E-state index in [0.717, 1.165) is 43.2 Å². The minimum Gasteiger partial charge on any atom is -0.369 e. The van der Waals surface area contributed by atoms with Crippen molar-refractivity contribution in [3.8, 4) is 0 Å². The average Bonchev–Trinajstić information content (AvgIpc) is 2.91. The van der Waals surface area contributed by atoms with Gasteiger partial charge in [0, 0.05) is 36.8 Å². The Labute approximate surface area is 129 Å². The molecule has 0 aliphatic carbocycles. The van der Waals surface area contributed by atoms with E-state index in [1.54, 1.807) is 6.20 Å². The van der Waals surface area contributed by atoms with Gasteiger partial charge in [0.25, 0.3) is 0 Å². The number of primary amides is 1. The van der Waals surface area contributed by atoms with Crippen LogP contribution in [-0.4, -0.2) is 38.6 Å². The van der Waals surface area contributed by atoms with E-state index >= 15 is 0 Å². The van der Waals surface area contributed by atoms with Crippen LogP contribution in [0.2, 0.25) is 0 Å². The quantitative estimate of drug-likeness (QED) is 0.898. The van der Waals surface area contributed by atoms with Crippen LogP contribution in [0.5, 0.6) is 0 Å². The maximum absolute atomic E-state index is 11.3. The standard InChI is InChI=1S/C15H22N6O/c1-15(2,3)14-19-18-13-12(17-6-9-21(13)14)20-7-4-10(5-8-20)11(16)22/h6,9-10H,4-5,7-8H2,1-3H3,(H2,16,22). The van der Waals surface area contributed by atoms with E-state index in [1.165, 1.54) is 0 Å². The molecule has 0 radical (unpaired) electrons. The van der Waals surface area contributed by atoms with Gasteiger partial charge in [0.1, 0.15) is 5.82 Å². The summed E-state index contributed by atoms with van der Waals surface area (Å²) in [6.07, 6.45) is 5.20. The lowest BCUT2D eigenvalue weighted by atomic mass is 9.96. The van der Waals surface area contributed by atoms with Gasteiger partial charge < -0.3 is 10.6 Å². The van der Waals surface area contributed by atoms with Crippen LogP contribution < -0.4 is 10.6 Å². The maximum Gasteiger partial charge on any atom is 0.220 e. The summed E-state index contributed by atoms with van der Waals surface area (Å²) in [5.41, 5.74) is 6.08. The molecular weight excluding hydrogens is 280 g/mol. The Morgan fingerprint density at radius 3 is 2.55 bits per heavy atom. The number of nitrogens with zero attached hydrogens (tertiary/aromatic N) is 5. The number of fused-ring (bicyclic) bond motifs is 1. The van der Waals surface area contributed by atoms with Gasteiger partial charge in [0.2, 0.25) is 11.6 Å². The molecule has 22 heavy (non-hydrogen) atoms. The molecule has 1 aliphatic rings. The molecule has 1 amide bonds. The second kappa shape index (κ2) is 5.23. The summed E-state index contributed by atoms with van der Waals surface area (Å²) in [4.78, 5) is 17.9. The van der Waals surface area contributed by atoms with Gasteiger partial charge in [0.05, 0.1) is 0 Å². The lowest BCUT2D eigenvalue weighted by Gasteiger charge is -2.31. The van der Waals surface area contributed by atoms with Gasteiger partial charge >= 0.3 is 0 Å². The monoisotopic (exact) mass is 302 g/mol. The third-order valence-electron chi connectivity index (χ3n) is 4.18. The molecule has 7 heteroatoms. The molecule has 3 heterocycles. The molecule has 2 aromatic rings. The first kappa shape index (κ1) is 14.7. The SMILES string of the molecule is CC(C)(C)c1nnc2c(N3CCC(C(N)=O)CC3)nccn12. The van der Waals surface area contributed by atoms with E-state index in [-0.39, 0.29) is 17.2 Å². The Morgan fingerprint density at radius 1 is 1.27 bits per heavy atom. The van der Waals surface area contributed by atoms with Gasteiger partial charge in [-0.05, 0) is 12.8 Å². The number of amides is 1.